The summed E-state index contributed by atoms with van der Waals surface area (Å²) < 4.78 is 7.19. The van der Waals surface area contributed by atoms with Crippen LogP contribution in [0, 0.1) is 0 Å². The number of aromatic hydroxyl groups is 1. The number of piperidine rings is 1. The molecule has 6 heteroatoms. The van der Waals surface area contributed by atoms with Gasteiger partial charge in [-0.3, -0.25) is 4.79 Å². The van der Waals surface area contributed by atoms with Crippen LogP contribution in [0.2, 0.25) is 0 Å². The minimum atomic E-state index is -1.01. The summed E-state index contributed by atoms with van der Waals surface area (Å²) in [6.45, 7) is 0.802. The van der Waals surface area contributed by atoms with Crippen LogP contribution in [-0.2, 0) is 23.1 Å². The molecule has 4 aliphatic rings. The lowest BCUT2D eigenvalue weighted by molar-refractivity contribution is -0.185. The van der Waals surface area contributed by atoms with Gasteiger partial charge in [0, 0.05) is 22.5 Å². The number of ether oxygens (including phenoxy) is 1. The lowest BCUT2D eigenvalue weighted by Gasteiger charge is -2.62. The number of nitrogens with zero attached hydrogens (tertiary/aromatic N) is 1. The van der Waals surface area contributed by atoms with E-state index in [4.69, 9.17) is 4.74 Å². The van der Waals surface area contributed by atoms with E-state index in [-0.39, 0.29) is 17.6 Å². The Labute approximate surface area is 183 Å². The van der Waals surface area contributed by atoms with Gasteiger partial charge in [-0.1, -0.05) is 28.1 Å². The van der Waals surface area contributed by atoms with Gasteiger partial charge in [0.1, 0.15) is 0 Å². The van der Waals surface area contributed by atoms with Crippen molar-refractivity contribution < 1.29 is 19.7 Å². The smallest absolute Gasteiger partial charge is 0.174 e. The first-order valence-corrected chi connectivity index (χ1v) is 11.4. The van der Waals surface area contributed by atoms with Gasteiger partial charge in [0.05, 0.1) is 11.0 Å². The number of halogens is 1. The maximum atomic E-state index is 12.9. The van der Waals surface area contributed by atoms with Crippen molar-refractivity contribution in [1.29, 1.82) is 0 Å². The van der Waals surface area contributed by atoms with Crippen LogP contribution in [0.3, 0.4) is 0 Å². The van der Waals surface area contributed by atoms with Crippen molar-refractivity contribution >= 4 is 21.7 Å². The predicted molar refractivity (Wildman–Crippen MR) is 115 cm³/mol. The van der Waals surface area contributed by atoms with Crippen molar-refractivity contribution in [1.82, 2.24) is 4.90 Å². The van der Waals surface area contributed by atoms with Crippen molar-refractivity contribution in [3.05, 3.63) is 57.1 Å². The average Bonchev–Trinajstić information content (AvgIpc) is 3.07. The highest BCUT2D eigenvalue weighted by Gasteiger charge is 2.73. The van der Waals surface area contributed by atoms with E-state index in [1.54, 1.807) is 6.07 Å². The molecule has 2 aromatic rings. The Morgan fingerprint density at radius 1 is 1.27 bits per heavy atom. The summed E-state index contributed by atoms with van der Waals surface area (Å²) in [6, 6.07) is 9.94. The van der Waals surface area contributed by atoms with E-state index in [2.05, 4.69) is 40.0 Å². The monoisotopic (exact) mass is 469 g/mol. The van der Waals surface area contributed by atoms with Gasteiger partial charge < -0.3 is 19.8 Å². The molecule has 2 fully saturated rings. The maximum Gasteiger partial charge on any atom is 0.174 e. The third kappa shape index (κ3) is 2.17. The zero-order chi connectivity index (χ0) is 20.8. The summed E-state index contributed by atoms with van der Waals surface area (Å²) in [5, 5.41) is 22.9. The fourth-order valence-electron chi connectivity index (χ4n) is 6.68. The molecule has 1 saturated heterocycles. The molecule has 6 rings (SSSR count). The second kappa shape index (κ2) is 6.09. The largest absolute Gasteiger partial charge is 0.504 e. The Kier molecular flexibility index (Phi) is 3.82. The third-order valence-electron chi connectivity index (χ3n) is 8.05. The molecule has 156 valence electrons. The number of benzene rings is 2. The number of phenols is 1. The van der Waals surface area contributed by atoms with Crippen LogP contribution in [0.1, 0.15) is 41.5 Å². The Hall–Kier alpha value is -1.89. The Morgan fingerprint density at radius 3 is 2.80 bits per heavy atom. The van der Waals surface area contributed by atoms with E-state index in [1.165, 1.54) is 0 Å². The van der Waals surface area contributed by atoms with Gasteiger partial charge in [-0.05, 0) is 74.2 Å². The van der Waals surface area contributed by atoms with Crippen LogP contribution in [0.25, 0.3) is 0 Å². The van der Waals surface area contributed by atoms with Crippen molar-refractivity contribution in [2.45, 2.75) is 55.3 Å². The number of likely N-dealkylation sites (N-methyl/N-ethyl adjacent to an activating group) is 1. The molecule has 1 saturated carbocycles. The second-order valence-electron chi connectivity index (χ2n) is 9.35. The molecule has 0 radical (unpaired) electrons. The van der Waals surface area contributed by atoms with E-state index in [0.717, 1.165) is 33.3 Å². The Bertz CT molecular complexity index is 1080. The summed E-state index contributed by atoms with van der Waals surface area (Å²) in [5.74, 6) is 0.546. The minimum Gasteiger partial charge on any atom is -0.504 e. The van der Waals surface area contributed by atoms with Gasteiger partial charge in [-0.25, -0.2) is 0 Å². The van der Waals surface area contributed by atoms with E-state index in [0.29, 0.717) is 37.9 Å². The highest BCUT2D eigenvalue weighted by molar-refractivity contribution is 9.10. The molecule has 1 spiro atoms. The zero-order valence-corrected chi connectivity index (χ0v) is 18.4. The summed E-state index contributed by atoms with van der Waals surface area (Å²) >= 11 is 3.48. The van der Waals surface area contributed by atoms with E-state index < -0.39 is 17.1 Å². The van der Waals surface area contributed by atoms with E-state index in [9.17, 15) is 15.0 Å². The zero-order valence-electron chi connectivity index (χ0n) is 16.8. The summed E-state index contributed by atoms with van der Waals surface area (Å²) in [5.41, 5.74) is 2.48. The topological polar surface area (TPSA) is 70.0 Å². The van der Waals surface area contributed by atoms with Crippen LogP contribution < -0.4 is 4.74 Å². The van der Waals surface area contributed by atoms with Crippen molar-refractivity contribution in [2.24, 2.45) is 0 Å². The molecule has 0 amide bonds. The number of hydrogen-bond donors (Lipinski definition) is 2. The molecule has 5 nitrogen and oxygen atoms in total. The van der Waals surface area contributed by atoms with Crippen molar-refractivity contribution in [3.63, 3.8) is 0 Å². The van der Waals surface area contributed by atoms with E-state index in [1.807, 2.05) is 12.1 Å². The van der Waals surface area contributed by atoms with Crippen LogP contribution >= 0.6 is 15.9 Å². The number of ketones is 1. The summed E-state index contributed by atoms with van der Waals surface area (Å²) in [4.78, 5) is 15.2. The molecule has 2 heterocycles. The van der Waals surface area contributed by atoms with Crippen LogP contribution in [-0.4, -0.2) is 52.2 Å². The Balaban J connectivity index is 1.59. The summed E-state index contributed by atoms with van der Waals surface area (Å²) in [7, 11) is 2.07. The SMILES string of the molecule is CN1CC[C@]23c4c5c(Cc6ccc(Br)cc6)cc(O)c4O[C@H]2C(=O)CC[C@@]3(O)[C@H]1C5. The van der Waals surface area contributed by atoms with Gasteiger partial charge in [0.15, 0.2) is 23.4 Å². The number of phenolic OH excluding ortho intramolecular Hbond substituents is 1. The molecule has 2 aliphatic heterocycles. The van der Waals surface area contributed by atoms with Gasteiger partial charge in [-0.15, -0.1) is 0 Å². The first kappa shape index (κ1) is 18.8. The molecule has 0 aromatic heterocycles. The number of aliphatic hydroxyl groups is 1. The molecule has 2 aliphatic carbocycles. The second-order valence-corrected chi connectivity index (χ2v) is 10.3. The molecule has 0 unspecified atom stereocenters. The third-order valence-corrected chi connectivity index (χ3v) is 8.58. The van der Waals surface area contributed by atoms with E-state index >= 15 is 0 Å². The highest BCUT2D eigenvalue weighted by Crippen LogP contribution is 2.65. The average molecular weight is 470 g/mol. The van der Waals surface area contributed by atoms with Crippen molar-refractivity contribution in [3.8, 4) is 11.5 Å². The van der Waals surface area contributed by atoms with Crippen LogP contribution in [0.15, 0.2) is 34.8 Å². The molecule has 30 heavy (non-hydrogen) atoms. The van der Waals surface area contributed by atoms with Crippen LogP contribution in [0.4, 0.5) is 0 Å². The molecule has 2 N–H and O–H groups in total. The number of rotatable bonds is 2. The maximum absolute atomic E-state index is 12.9. The van der Waals surface area contributed by atoms with Gasteiger partial charge in [-0.2, -0.15) is 0 Å². The number of carbonyl (C=O) groups excluding carboxylic acids is 1. The molecule has 2 aromatic carbocycles. The molecule has 2 bridgehead atoms. The first-order valence-electron chi connectivity index (χ1n) is 10.6. The minimum absolute atomic E-state index is 0.0425. The highest BCUT2D eigenvalue weighted by atomic mass is 79.9. The van der Waals surface area contributed by atoms with Gasteiger partial charge in [0.25, 0.3) is 0 Å². The van der Waals surface area contributed by atoms with Gasteiger partial charge in [0.2, 0.25) is 0 Å². The standard InChI is InChI=1S/C24H24BrNO4/c1-26-9-8-23-20-16-12-19(26)24(23,29)7-6-17(27)22(23)30-21(20)18(28)11-14(16)10-13-2-4-15(25)5-3-13/h2-5,11,19,22,28-29H,6-10,12H2,1H3/t19-,22+,23+,24-/m1/s1. The fraction of sp³-hybridized carbons (Fsp3) is 0.458. The lowest BCUT2D eigenvalue weighted by Crippen LogP contribution is -2.76. The summed E-state index contributed by atoms with van der Waals surface area (Å²) in [6.07, 6.45) is 2.13. The quantitative estimate of drug-likeness (QED) is 0.706. The molecule has 4 atom stereocenters. The normalized spacial score (nSPS) is 33.9. The molecular formula is C24H24BrNO4. The molecular weight excluding hydrogens is 446 g/mol. The van der Waals surface area contributed by atoms with Crippen molar-refractivity contribution in [2.75, 3.05) is 13.6 Å². The lowest BCUT2D eigenvalue weighted by atomic mass is 9.48. The van der Waals surface area contributed by atoms with Gasteiger partial charge >= 0.3 is 0 Å². The van der Waals surface area contributed by atoms with Crippen LogP contribution in [0.5, 0.6) is 11.5 Å². The number of hydrogen-bond acceptors (Lipinski definition) is 5. The number of likely N-dealkylation sites (tertiary alicyclic amines) is 1. The predicted octanol–water partition coefficient (Wildman–Crippen LogP) is 3.10. The number of carbonyl (C=O) groups is 1. The fourth-order valence-corrected chi connectivity index (χ4v) is 6.94. The Morgan fingerprint density at radius 2 is 2.03 bits per heavy atom. The first-order chi connectivity index (χ1) is 14.3. The number of Topliss-reactive ketones (excluding diaryl/α,β-unsaturated/α-hetero) is 1.